The second-order valence-electron chi connectivity index (χ2n) is 6.56. The highest BCUT2D eigenvalue weighted by Gasteiger charge is 2.58. The summed E-state index contributed by atoms with van der Waals surface area (Å²) >= 11 is 11.9. The van der Waals surface area contributed by atoms with Gasteiger partial charge in [0.05, 0.1) is 12.2 Å². The molecule has 144 valence electrons. The molecule has 28 heavy (non-hydrogen) atoms. The molecule has 4 rings (SSSR count). The molecule has 2 aromatic carbocycles. The molecule has 0 saturated heterocycles. The Morgan fingerprint density at radius 3 is 2.25 bits per heavy atom. The minimum absolute atomic E-state index is 0.0236. The predicted molar refractivity (Wildman–Crippen MR) is 102 cm³/mol. The van der Waals surface area contributed by atoms with E-state index in [2.05, 4.69) is 15.1 Å². The number of aliphatic imine (C=N–C) groups is 1. The molecule has 0 radical (unpaired) electrons. The number of hydrogen-bond acceptors (Lipinski definition) is 3. The first-order chi connectivity index (χ1) is 13.3. The normalized spacial score (nSPS) is 19.7. The second kappa shape index (κ2) is 6.90. The zero-order chi connectivity index (χ0) is 19.9. The average Bonchev–Trinajstić information content (AvgIpc) is 3.31. The lowest BCUT2D eigenvalue weighted by Crippen LogP contribution is -2.43. The van der Waals surface area contributed by atoms with Gasteiger partial charge >= 0.3 is 6.18 Å². The van der Waals surface area contributed by atoms with E-state index in [1.807, 2.05) is 0 Å². The highest BCUT2D eigenvalue weighted by molar-refractivity contribution is 6.34. The first kappa shape index (κ1) is 19.0. The van der Waals surface area contributed by atoms with E-state index >= 15 is 0 Å². The van der Waals surface area contributed by atoms with E-state index in [-0.39, 0.29) is 22.0 Å². The van der Waals surface area contributed by atoms with Gasteiger partial charge in [0, 0.05) is 22.2 Å². The van der Waals surface area contributed by atoms with Crippen molar-refractivity contribution >= 4 is 28.9 Å². The number of halogens is 5. The van der Waals surface area contributed by atoms with Crippen LogP contribution in [0.25, 0.3) is 5.69 Å². The summed E-state index contributed by atoms with van der Waals surface area (Å²) in [6, 6.07) is 11.0. The molecule has 1 aromatic heterocycles. The summed E-state index contributed by atoms with van der Waals surface area (Å²) in [7, 11) is 0. The summed E-state index contributed by atoms with van der Waals surface area (Å²) < 4.78 is 43.9. The molecular formula is C19H13Cl2F3N4. The van der Waals surface area contributed by atoms with Gasteiger partial charge in [-0.1, -0.05) is 35.3 Å². The predicted octanol–water partition coefficient (Wildman–Crippen LogP) is 5.27. The third-order valence-electron chi connectivity index (χ3n) is 4.85. The van der Waals surface area contributed by atoms with Gasteiger partial charge in [-0.3, -0.25) is 4.99 Å². The van der Waals surface area contributed by atoms with Crippen molar-refractivity contribution in [1.29, 1.82) is 0 Å². The zero-order valence-electron chi connectivity index (χ0n) is 14.3. The molecular weight excluding hydrogens is 412 g/mol. The molecule has 1 unspecified atom stereocenters. The van der Waals surface area contributed by atoms with Gasteiger partial charge in [0.25, 0.3) is 0 Å². The highest BCUT2D eigenvalue weighted by atomic mass is 35.5. The summed E-state index contributed by atoms with van der Waals surface area (Å²) in [6.45, 7) is -0.409. The molecule has 0 spiro atoms. The van der Waals surface area contributed by atoms with E-state index in [1.165, 1.54) is 24.5 Å². The Hall–Kier alpha value is -2.38. The first-order valence-corrected chi connectivity index (χ1v) is 9.06. The average molecular weight is 425 g/mol. The number of hydrogen-bond donors (Lipinski definition) is 0. The Kier molecular flexibility index (Phi) is 4.67. The molecule has 2 heterocycles. The maximum absolute atomic E-state index is 14.1. The van der Waals surface area contributed by atoms with Gasteiger partial charge in [0.15, 0.2) is 0 Å². The Labute approximate surface area is 168 Å². The van der Waals surface area contributed by atoms with Crippen molar-refractivity contribution in [2.75, 3.05) is 6.54 Å². The van der Waals surface area contributed by atoms with Gasteiger partial charge in [0.2, 0.25) is 0 Å². The molecule has 0 amide bonds. The van der Waals surface area contributed by atoms with Gasteiger partial charge < -0.3 is 0 Å². The minimum atomic E-state index is -4.51. The lowest BCUT2D eigenvalue weighted by Gasteiger charge is -2.31. The standard InChI is InChI=1S/C19H13Cl2F3N4/c20-14-5-13(6-15(21)7-14)18(19(22,23)24)8-17(26-9-18)12-1-3-16(4-2-12)28-11-25-10-27-28/h1-7,10-11H,8-9H2. The monoisotopic (exact) mass is 424 g/mol. The second-order valence-corrected chi connectivity index (χ2v) is 7.44. The van der Waals surface area contributed by atoms with Crippen LogP contribution in [0.2, 0.25) is 10.0 Å². The number of aromatic nitrogens is 3. The number of alkyl halides is 3. The van der Waals surface area contributed by atoms with Crippen LogP contribution in [-0.4, -0.2) is 33.2 Å². The lowest BCUT2D eigenvalue weighted by molar-refractivity contribution is -0.183. The largest absolute Gasteiger partial charge is 0.400 e. The molecule has 1 aliphatic rings. The Bertz CT molecular complexity index is 1010. The summed E-state index contributed by atoms with van der Waals surface area (Å²) in [4.78, 5) is 8.10. The van der Waals surface area contributed by atoms with Crippen LogP contribution in [0.5, 0.6) is 0 Å². The van der Waals surface area contributed by atoms with Crippen molar-refractivity contribution < 1.29 is 13.2 Å². The molecule has 9 heteroatoms. The Morgan fingerprint density at radius 1 is 1.00 bits per heavy atom. The fourth-order valence-corrected chi connectivity index (χ4v) is 3.87. The van der Waals surface area contributed by atoms with E-state index < -0.39 is 18.1 Å². The van der Waals surface area contributed by atoms with Crippen LogP contribution in [-0.2, 0) is 5.41 Å². The zero-order valence-corrected chi connectivity index (χ0v) is 15.8. The third kappa shape index (κ3) is 3.29. The fraction of sp³-hybridized carbons (Fsp3) is 0.211. The van der Waals surface area contributed by atoms with Crippen molar-refractivity contribution in [3.05, 3.63) is 76.3 Å². The maximum Gasteiger partial charge on any atom is 0.400 e. The summed E-state index contributed by atoms with van der Waals surface area (Å²) in [5.74, 6) is 0. The summed E-state index contributed by atoms with van der Waals surface area (Å²) in [6.07, 6.45) is -1.84. The quantitative estimate of drug-likeness (QED) is 0.574. The fourth-order valence-electron chi connectivity index (χ4n) is 3.35. The molecule has 1 aliphatic heterocycles. The summed E-state index contributed by atoms with van der Waals surface area (Å²) in [5.41, 5.74) is -0.359. The van der Waals surface area contributed by atoms with Crippen LogP contribution in [0.4, 0.5) is 13.2 Å². The topological polar surface area (TPSA) is 43.1 Å². The van der Waals surface area contributed by atoms with Crippen molar-refractivity contribution in [1.82, 2.24) is 14.8 Å². The van der Waals surface area contributed by atoms with Gasteiger partial charge in [-0.2, -0.15) is 18.3 Å². The molecule has 0 bridgehead atoms. The van der Waals surface area contributed by atoms with E-state index in [1.54, 1.807) is 35.3 Å². The van der Waals surface area contributed by atoms with Crippen LogP contribution in [0.3, 0.4) is 0 Å². The van der Waals surface area contributed by atoms with E-state index in [4.69, 9.17) is 23.2 Å². The molecule has 1 atom stereocenters. The van der Waals surface area contributed by atoms with Crippen molar-refractivity contribution in [3.63, 3.8) is 0 Å². The van der Waals surface area contributed by atoms with E-state index in [0.717, 1.165) is 5.69 Å². The van der Waals surface area contributed by atoms with Crippen molar-refractivity contribution in [3.8, 4) is 5.69 Å². The molecule has 3 aromatic rings. The summed E-state index contributed by atoms with van der Waals surface area (Å²) in [5, 5.41) is 4.35. The first-order valence-electron chi connectivity index (χ1n) is 8.31. The Morgan fingerprint density at radius 2 is 1.68 bits per heavy atom. The van der Waals surface area contributed by atoms with Gasteiger partial charge in [-0.15, -0.1) is 0 Å². The number of nitrogens with zero attached hydrogens (tertiary/aromatic N) is 4. The van der Waals surface area contributed by atoms with Gasteiger partial charge in [-0.25, -0.2) is 9.67 Å². The smallest absolute Gasteiger partial charge is 0.288 e. The molecule has 0 N–H and O–H groups in total. The SMILES string of the molecule is FC(F)(F)C1(c2cc(Cl)cc(Cl)c2)CN=C(c2ccc(-n3cncn3)cc2)C1. The number of rotatable bonds is 3. The van der Waals surface area contributed by atoms with E-state index in [0.29, 0.717) is 11.3 Å². The van der Waals surface area contributed by atoms with E-state index in [9.17, 15) is 13.2 Å². The Balaban J connectivity index is 1.67. The van der Waals surface area contributed by atoms with Gasteiger partial charge in [-0.05, 0) is 41.5 Å². The van der Waals surface area contributed by atoms with Crippen LogP contribution in [0.15, 0.2) is 60.1 Å². The van der Waals surface area contributed by atoms with Crippen molar-refractivity contribution in [2.45, 2.75) is 18.0 Å². The molecule has 0 saturated carbocycles. The highest BCUT2D eigenvalue weighted by Crippen LogP contribution is 2.48. The third-order valence-corrected chi connectivity index (χ3v) is 5.29. The van der Waals surface area contributed by atoms with Gasteiger partial charge in [0.1, 0.15) is 18.1 Å². The molecule has 0 fully saturated rings. The minimum Gasteiger partial charge on any atom is -0.288 e. The molecule has 4 nitrogen and oxygen atoms in total. The van der Waals surface area contributed by atoms with Crippen LogP contribution in [0.1, 0.15) is 17.5 Å². The lowest BCUT2D eigenvalue weighted by atomic mass is 9.76. The van der Waals surface area contributed by atoms with Crippen molar-refractivity contribution in [2.24, 2.45) is 4.99 Å². The maximum atomic E-state index is 14.1. The van der Waals surface area contributed by atoms with Crippen LogP contribution in [0, 0.1) is 0 Å². The van der Waals surface area contributed by atoms with Crippen LogP contribution < -0.4 is 0 Å². The van der Waals surface area contributed by atoms with Crippen LogP contribution >= 0.6 is 23.2 Å². The molecule has 0 aliphatic carbocycles. The number of benzene rings is 2.